The lowest BCUT2D eigenvalue weighted by molar-refractivity contribution is 0.303. The monoisotopic (exact) mass is 281 g/mol. The lowest BCUT2D eigenvalue weighted by Crippen LogP contribution is -2.16. The van der Waals surface area contributed by atoms with Crippen molar-refractivity contribution in [3.8, 4) is 0 Å². The Labute approximate surface area is 105 Å². The average molecular weight is 282 g/mol. The smallest absolute Gasteiger partial charge is 0.264 e. The summed E-state index contributed by atoms with van der Waals surface area (Å²) in [4.78, 5) is 0. The first-order chi connectivity index (χ1) is 7.81. The van der Waals surface area contributed by atoms with E-state index in [4.69, 9.17) is 17.3 Å². The van der Waals surface area contributed by atoms with Crippen LogP contribution in [-0.2, 0) is 14.3 Å². The predicted molar refractivity (Wildman–Crippen MR) is 63.8 cm³/mol. The molecule has 17 heavy (non-hydrogen) atoms. The molecule has 1 atom stereocenters. The molecule has 0 aliphatic rings. The molecule has 0 aliphatic heterocycles. The third-order valence-electron chi connectivity index (χ3n) is 2.11. The lowest BCUT2D eigenvalue weighted by atomic mass is 10.0. The van der Waals surface area contributed by atoms with Gasteiger partial charge >= 0.3 is 0 Å². The van der Waals surface area contributed by atoms with Gasteiger partial charge in [-0.25, -0.2) is 4.39 Å². The number of hydrogen-bond donors (Lipinski definition) is 1. The van der Waals surface area contributed by atoms with Gasteiger partial charge in [0.1, 0.15) is 5.82 Å². The van der Waals surface area contributed by atoms with E-state index in [9.17, 15) is 12.8 Å². The Hall–Kier alpha value is -0.690. The second-order valence-electron chi connectivity index (χ2n) is 3.56. The summed E-state index contributed by atoms with van der Waals surface area (Å²) in [6, 6.07) is 3.85. The standard InChI is InChI=1S/C10H13ClFNO3S/c1-17(14,15)16-6-5-9(13)7-3-2-4-8(11)10(7)12/h2-4,9H,5-6,13H2,1H3/t9-/m0/s1. The molecule has 0 spiro atoms. The normalized spacial score (nSPS) is 13.6. The maximum absolute atomic E-state index is 13.5. The topological polar surface area (TPSA) is 69.4 Å². The number of rotatable bonds is 5. The van der Waals surface area contributed by atoms with Crippen molar-refractivity contribution in [3.05, 3.63) is 34.6 Å². The molecule has 0 fully saturated rings. The molecule has 0 amide bonds. The summed E-state index contributed by atoms with van der Waals surface area (Å²) in [5, 5.41) is -0.0121. The summed E-state index contributed by atoms with van der Waals surface area (Å²) in [5.74, 6) is -0.582. The quantitative estimate of drug-likeness (QED) is 0.836. The molecule has 7 heteroatoms. The molecule has 96 valence electrons. The zero-order valence-electron chi connectivity index (χ0n) is 9.19. The van der Waals surface area contributed by atoms with E-state index in [1.54, 1.807) is 6.07 Å². The maximum Gasteiger partial charge on any atom is 0.264 e. The van der Waals surface area contributed by atoms with Gasteiger partial charge < -0.3 is 5.73 Å². The summed E-state index contributed by atoms with van der Waals surface area (Å²) in [6.07, 6.45) is 1.13. The molecule has 2 N–H and O–H groups in total. The van der Waals surface area contributed by atoms with Gasteiger partial charge in [-0.2, -0.15) is 8.42 Å². The van der Waals surface area contributed by atoms with E-state index in [0.717, 1.165) is 6.26 Å². The van der Waals surface area contributed by atoms with E-state index in [2.05, 4.69) is 4.18 Å². The highest BCUT2D eigenvalue weighted by molar-refractivity contribution is 7.85. The van der Waals surface area contributed by atoms with Crippen molar-refractivity contribution in [2.75, 3.05) is 12.9 Å². The molecule has 1 rings (SSSR count). The van der Waals surface area contributed by atoms with E-state index in [0.29, 0.717) is 0 Å². The molecule has 0 saturated carbocycles. The van der Waals surface area contributed by atoms with Crippen LogP contribution in [0.25, 0.3) is 0 Å². The summed E-state index contributed by atoms with van der Waals surface area (Å²) >= 11 is 5.61. The van der Waals surface area contributed by atoms with Crippen LogP contribution in [0, 0.1) is 5.82 Å². The Bertz CT molecular complexity index is 492. The Kier molecular flexibility index (Phi) is 4.88. The minimum Gasteiger partial charge on any atom is -0.324 e. The van der Waals surface area contributed by atoms with Gasteiger partial charge in [0.05, 0.1) is 17.9 Å². The van der Waals surface area contributed by atoms with Crippen LogP contribution in [0.5, 0.6) is 0 Å². The zero-order valence-corrected chi connectivity index (χ0v) is 10.8. The van der Waals surface area contributed by atoms with E-state index in [-0.39, 0.29) is 23.6 Å². The molecule has 0 saturated heterocycles. The molecule has 0 heterocycles. The number of nitrogens with two attached hydrogens (primary N) is 1. The molecule has 4 nitrogen and oxygen atoms in total. The average Bonchev–Trinajstić information content (AvgIpc) is 2.20. The van der Waals surface area contributed by atoms with Crippen molar-refractivity contribution in [2.45, 2.75) is 12.5 Å². The molecular formula is C10H13ClFNO3S. The Morgan fingerprint density at radius 2 is 2.18 bits per heavy atom. The largest absolute Gasteiger partial charge is 0.324 e. The van der Waals surface area contributed by atoms with Crippen LogP contribution < -0.4 is 5.73 Å². The van der Waals surface area contributed by atoms with Crippen molar-refractivity contribution in [3.63, 3.8) is 0 Å². The van der Waals surface area contributed by atoms with Crippen LogP contribution in [-0.4, -0.2) is 21.3 Å². The second kappa shape index (κ2) is 5.77. The summed E-state index contributed by atoms with van der Waals surface area (Å²) in [6.45, 7) is -0.0913. The van der Waals surface area contributed by atoms with Crippen LogP contribution in [0.2, 0.25) is 5.02 Å². The van der Waals surface area contributed by atoms with Crippen molar-refractivity contribution in [1.82, 2.24) is 0 Å². The first-order valence-corrected chi connectivity index (χ1v) is 7.04. The van der Waals surface area contributed by atoms with Crippen LogP contribution in [0.15, 0.2) is 18.2 Å². The van der Waals surface area contributed by atoms with Crippen molar-refractivity contribution in [1.29, 1.82) is 0 Å². The van der Waals surface area contributed by atoms with Gasteiger partial charge in [-0.05, 0) is 12.5 Å². The Balaban J connectivity index is 2.64. The Morgan fingerprint density at radius 3 is 2.76 bits per heavy atom. The zero-order chi connectivity index (χ0) is 13.1. The third kappa shape index (κ3) is 4.59. The minimum absolute atomic E-state index is 0.0121. The predicted octanol–water partition coefficient (Wildman–Crippen LogP) is 1.85. The summed E-state index contributed by atoms with van der Waals surface area (Å²) in [7, 11) is -3.50. The molecule has 0 aromatic heterocycles. The highest BCUT2D eigenvalue weighted by atomic mass is 35.5. The molecule has 0 aliphatic carbocycles. The number of benzene rings is 1. The van der Waals surface area contributed by atoms with Crippen LogP contribution in [0.3, 0.4) is 0 Å². The van der Waals surface area contributed by atoms with Gasteiger partial charge in [0, 0.05) is 11.6 Å². The van der Waals surface area contributed by atoms with E-state index in [1.165, 1.54) is 12.1 Å². The van der Waals surface area contributed by atoms with Gasteiger partial charge in [-0.1, -0.05) is 23.7 Å². The maximum atomic E-state index is 13.5. The second-order valence-corrected chi connectivity index (χ2v) is 5.62. The fraction of sp³-hybridized carbons (Fsp3) is 0.400. The highest BCUT2D eigenvalue weighted by Crippen LogP contribution is 2.23. The minimum atomic E-state index is -3.50. The first-order valence-electron chi connectivity index (χ1n) is 4.85. The molecule has 0 unspecified atom stereocenters. The summed E-state index contributed by atoms with van der Waals surface area (Å²) < 4.78 is 39.5. The van der Waals surface area contributed by atoms with Crippen molar-refractivity contribution >= 4 is 21.7 Å². The van der Waals surface area contributed by atoms with Gasteiger partial charge in [-0.3, -0.25) is 4.18 Å². The van der Waals surface area contributed by atoms with Crippen LogP contribution in [0.4, 0.5) is 4.39 Å². The van der Waals surface area contributed by atoms with E-state index >= 15 is 0 Å². The van der Waals surface area contributed by atoms with Gasteiger partial charge in [-0.15, -0.1) is 0 Å². The van der Waals surface area contributed by atoms with Gasteiger partial charge in [0.2, 0.25) is 0 Å². The molecular weight excluding hydrogens is 269 g/mol. The molecule has 1 aromatic carbocycles. The number of hydrogen-bond acceptors (Lipinski definition) is 4. The molecule has 0 radical (unpaired) electrons. The fourth-order valence-electron chi connectivity index (χ4n) is 1.29. The van der Waals surface area contributed by atoms with Gasteiger partial charge in [0.15, 0.2) is 0 Å². The number of halogens is 2. The van der Waals surface area contributed by atoms with E-state index in [1.807, 2.05) is 0 Å². The molecule has 0 bridgehead atoms. The van der Waals surface area contributed by atoms with Crippen LogP contribution in [0.1, 0.15) is 18.0 Å². The first kappa shape index (κ1) is 14.4. The van der Waals surface area contributed by atoms with Crippen molar-refractivity contribution in [2.24, 2.45) is 5.73 Å². The SMILES string of the molecule is CS(=O)(=O)OCC[C@H](N)c1cccc(Cl)c1F. The van der Waals surface area contributed by atoms with Crippen LogP contribution >= 0.6 is 11.6 Å². The van der Waals surface area contributed by atoms with E-state index < -0.39 is 22.0 Å². The van der Waals surface area contributed by atoms with Gasteiger partial charge in [0.25, 0.3) is 10.1 Å². The third-order valence-corrected chi connectivity index (χ3v) is 2.99. The molecule has 1 aromatic rings. The lowest BCUT2D eigenvalue weighted by Gasteiger charge is -2.13. The Morgan fingerprint density at radius 1 is 1.53 bits per heavy atom. The fourth-order valence-corrected chi connectivity index (χ4v) is 1.87. The highest BCUT2D eigenvalue weighted by Gasteiger charge is 2.14. The summed E-state index contributed by atoms with van der Waals surface area (Å²) in [5.41, 5.74) is 5.97. The van der Waals surface area contributed by atoms with Crippen molar-refractivity contribution < 1.29 is 17.0 Å².